The van der Waals surface area contributed by atoms with Gasteiger partial charge in [0.15, 0.2) is 0 Å². The minimum Gasteiger partial charge on any atom is -0.481 e. The first-order chi connectivity index (χ1) is 9.84. The lowest BCUT2D eigenvalue weighted by Crippen LogP contribution is -2.26. The number of aliphatic carboxylic acids is 1. The molecule has 21 heavy (non-hydrogen) atoms. The molecule has 7 nitrogen and oxygen atoms in total. The van der Waals surface area contributed by atoms with Gasteiger partial charge in [0.2, 0.25) is 10.0 Å². The quantitative estimate of drug-likeness (QED) is 0.541. The smallest absolute Gasteiger partial charge is 0.337 e. The van der Waals surface area contributed by atoms with Gasteiger partial charge in [0.1, 0.15) is 0 Å². The number of rotatable bonds is 8. The average molecular weight is 315 g/mol. The van der Waals surface area contributed by atoms with Crippen molar-refractivity contribution >= 4 is 22.0 Å². The van der Waals surface area contributed by atoms with Crippen molar-refractivity contribution in [2.45, 2.75) is 18.6 Å². The van der Waals surface area contributed by atoms with Crippen LogP contribution < -0.4 is 4.72 Å². The Morgan fingerprint density at radius 2 is 1.86 bits per heavy atom. The first-order valence-electron chi connectivity index (χ1n) is 6.20. The summed E-state index contributed by atoms with van der Waals surface area (Å²) in [7, 11) is -2.26. The van der Waals surface area contributed by atoms with Crippen molar-refractivity contribution in [3.8, 4) is 0 Å². The molecule has 1 aromatic rings. The predicted octanol–water partition coefficient (Wildman–Crippen LogP) is 0.757. The van der Waals surface area contributed by atoms with Crippen LogP contribution >= 0.6 is 0 Å². The molecule has 0 bridgehead atoms. The zero-order valence-corrected chi connectivity index (χ0v) is 12.4. The Bertz CT molecular complexity index is 594. The van der Waals surface area contributed by atoms with Crippen LogP contribution in [0.3, 0.4) is 0 Å². The summed E-state index contributed by atoms with van der Waals surface area (Å²) in [6.07, 6.45) is 0.145. The van der Waals surface area contributed by atoms with Crippen LogP contribution in [-0.4, -0.2) is 39.1 Å². The maximum absolute atomic E-state index is 11.8. The summed E-state index contributed by atoms with van der Waals surface area (Å²) >= 11 is 0. The van der Waals surface area contributed by atoms with E-state index in [9.17, 15) is 18.0 Å². The molecule has 0 spiro atoms. The summed E-state index contributed by atoms with van der Waals surface area (Å²) in [5.41, 5.74) is 0.862. The third-order valence-electron chi connectivity index (χ3n) is 2.62. The van der Waals surface area contributed by atoms with Crippen molar-refractivity contribution < 1.29 is 27.9 Å². The molecule has 0 saturated carbocycles. The van der Waals surface area contributed by atoms with E-state index in [-0.39, 0.29) is 25.1 Å². The number of ether oxygens (including phenoxy) is 1. The number of esters is 1. The van der Waals surface area contributed by atoms with Crippen LogP contribution in [0.15, 0.2) is 24.3 Å². The van der Waals surface area contributed by atoms with Crippen molar-refractivity contribution in [3.05, 3.63) is 35.4 Å². The second-order valence-corrected chi connectivity index (χ2v) is 6.15. The molecule has 0 fully saturated rings. The molecule has 8 heteroatoms. The third kappa shape index (κ3) is 6.37. The van der Waals surface area contributed by atoms with E-state index in [4.69, 9.17) is 5.11 Å². The van der Waals surface area contributed by atoms with Crippen molar-refractivity contribution in [1.82, 2.24) is 4.72 Å². The highest BCUT2D eigenvalue weighted by Gasteiger charge is 2.12. The van der Waals surface area contributed by atoms with Crippen LogP contribution in [0.1, 0.15) is 28.8 Å². The first kappa shape index (κ1) is 17.1. The molecule has 0 atom stereocenters. The molecule has 0 unspecified atom stereocenters. The Morgan fingerprint density at radius 1 is 1.24 bits per heavy atom. The van der Waals surface area contributed by atoms with Crippen LogP contribution in [0.5, 0.6) is 0 Å². The molecule has 0 aromatic heterocycles. The zero-order chi connectivity index (χ0) is 15.9. The van der Waals surface area contributed by atoms with E-state index in [0.29, 0.717) is 11.1 Å². The number of methoxy groups -OCH3 is 1. The van der Waals surface area contributed by atoms with Gasteiger partial charge in [-0.25, -0.2) is 17.9 Å². The highest BCUT2D eigenvalue weighted by Crippen LogP contribution is 2.09. The summed E-state index contributed by atoms with van der Waals surface area (Å²) in [4.78, 5) is 21.6. The number of hydrogen-bond donors (Lipinski definition) is 2. The monoisotopic (exact) mass is 315 g/mol. The van der Waals surface area contributed by atoms with Crippen LogP contribution in [0.25, 0.3) is 0 Å². The van der Waals surface area contributed by atoms with Gasteiger partial charge in [-0.1, -0.05) is 12.1 Å². The summed E-state index contributed by atoms with van der Waals surface area (Å²) in [6.45, 7) is 0.0783. The minimum absolute atomic E-state index is 0.0783. The molecule has 1 aromatic carbocycles. The van der Waals surface area contributed by atoms with E-state index >= 15 is 0 Å². The van der Waals surface area contributed by atoms with E-state index in [1.807, 2.05) is 0 Å². The Morgan fingerprint density at radius 3 is 2.38 bits per heavy atom. The van der Waals surface area contributed by atoms with Crippen molar-refractivity contribution in [2.24, 2.45) is 0 Å². The number of carboxylic acid groups (broad SMARTS) is 1. The molecule has 0 radical (unpaired) electrons. The lowest BCUT2D eigenvalue weighted by Gasteiger charge is -2.06. The SMILES string of the molecule is COC(=O)c1ccc(CS(=O)(=O)NCCCC(=O)O)cc1. The lowest BCUT2D eigenvalue weighted by molar-refractivity contribution is -0.137. The van der Waals surface area contributed by atoms with E-state index in [1.54, 1.807) is 0 Å². The van der Waals surface area contributed by atoms with Gasteiger partial charge in [-0.2, -0.15) is 0 Å². The van der Waals surface area contributed by atoms with Crippen molar-refractivity contribution in [3.63, 3.8) is 0 Å². The van der Waals surface area contributed by atoms with Crippen molar-refractivity contribution in [1.29, 1.82) is 0 Å². The number of hydrogen-bond acceptors (Lipinski definition) is 5. The first-order valence-corrected chi connectivity index (χ1v) is 7.85. The zero-order valence-electron chi connectivity index (χ0n) is 11.5. The van der Waals surface area contributed by atoms with Crippen LogP contribution in [0.4, 0.5) is 0 Å². The number of benzene rings is 1. The number of carboxylic acids is 1. The van der Waals surface area contributed by atoms with Gasteiger partial charge in [-0.3, -0.25) is 4.79 Å². The summed E-state index contributed by atoms with van der Waals surface area (Å²) in [6, 6.07) is 6.04. The molecule has 0 amide bonds. The largest absolute Gasteiger partial charge is 0.481 e. The maximum Gasteiger partial charge on any atom is 0.337 e. The third-order valence-corrected chi connectivity index (χ3v) is 3.98. The standard InChI is InChI=1S/C13H17NO6S/c1-20-13(17)11-6-4-10(5-7-11)9-21(18,19)14-8-2-3-12(15)16/h4-7,14H,2-3,8-9H2,1H3,(H,15,16). The molecule has 0 saturated heterocycles. The van der Waals surface area contributed by atoms with Crippen LogP contribution in [-0.2, 0) is 25.3 Å². The number of carbonyl (C=O) groups is 2. The molecular formula is C13H17NO6S. The van der Waals surface area contributed by atoms with Crippen molar-refractivity contribution in [2.75, 3.05) is 13.7 Å². The maximum atomic E-state index is 11.8. The Labute approximate surface area is 123 Å². The molecular weight excluding hydrogens is 298 g/mol. The lowest BCUT2D eigenvalue weighted by atomic mass is 10.1. The Kier molecular flexibility index (Phi) is 6.32. The van der Waals surface area contributed by atoms with Gasteiger partial charge < -0.3 is 9.84 Å². The number of nitrogens with one attached hydrogen (secondary N) is 1. The number of carbonyl (C=O) groups excluding carboxylic acids is 1. The molecule has 0 heterocycles. The number of sulfonamides is 1. The fraction of sp³-hybridized carbons (Fsp3) is 0.385. The summed E-state index contributed by atoms with van der Waals surface area (Å²) in [5, 5.41) is 8.45. The molecule has 0 aliphatic carbocycles. The molecule has 2 N–H and O–H groups in total. The van der Waals surface area contributed by atoms with Gasteiger partial charge in [-0.05, 0) is 24.1 Å². The topological polar surface area (TPSA) is 110 Å². The fourth-order valence-electron chi connectivity index (χ4n) is 1.59. The molecule has 0 aliphatic heterocycles. The van der Waals surface area contributed by atoms with E-state index in [1.165, 1.54) is 31.4 Å². The Hall–Kier alpha value is -1.93. The van der Waals surface area contributed by atoms with Gasteiger partial charge in [0.25, 0.3) is 0 Å². The molecule has 116 valence electrons. The van der Waals surface area contributed by atoms with E-state index in [0.717, 1.165) is 0 Å². The van der Waals surface area contributed by atoms with Gasteiger partial charge in [-0.15, -0.1) is 0 Å². The Balaban J connectivity index is 2.55. The average Bonchev–Trinajstić information content (AvgIpc) is 2.43. The second-order valence-electron chi connectivity index (χ2n) is 4.34. The van der Waals surface area contributed by atoms with Crippen LogP contribution in [0.2, 0.25) is 0 Å². The second kappa shape index (κ2) is 7.75. The summed E-state index contributed by atoms with van der Waals surface area (Å²) < 4.78 is 30.4. The highest BCUT2D eigenvalue weighted by atomic mass is 32.2. The van der Waals surface area contributed by atoms with E-state index < -0.39 is 22.0 Å². The van der Waals surface area contributed by atoms with Gasteiger partial charge in [0, 0.05) is 13.0 Å². The van der Waals surface area contributed by atoms with E-state index in [2.05, 4.69) is 9.46 Å². The minimum atomic E-state index is -3.53. The van der Waals surface area contributed by atoms with Gasteiger partial charge in [0.05, 0.1) is 18.4 Å². The fourth-order valence-corrected chi connectivity index (χ4v) is 2.78. The van der Waals surface area contributed by atoms with Gasteiger partial charge >= 0.3 is 11.9 Å². The predicted molar refractivity (Wildman–Crippen MR) is 75.3 cm³/mol. The molecule has 1 rings (SSSR count). The van der Waals surface area contributed by atoms with Crippen LogP contribution in [0, 0.1) is 0 Å². The normalized spacial score (nSPS) is 11.1. The summed E-state index contributed by atoms with van der Waals surface area (Å²) in [5.74, 6) is -1.69. The molecule has 0 aliphatic rings. The highest BCUT2D eigenvalue weighted by molar-refractivity contribution is 7.88.